The number of anilines is 1. The summed E-state index contributed by atoms with van der Waals surface area (Å²) in [6, 6.07) is 2.02. The van der Waals surface area contributed by atoms with Crippen LogP contribution < -0.4 is 5.32 Å². The smallest absolute Gasteiger partial charge is 0.232 e. The van der Waals surface area contributed by atoms with Gasteiger partial charge in [-0.3, -0.25) is 4.79 Å². The van der Waals surface area contributed by atoms with Crippen LogP contribution in [0.25, 0.3) is 10.6 Å². The summed E-state index contributed by atoms with van der Waals surface area (Å²) in [5, 5.41) is 18.2. The summed E-state index contributed by atoms with van der Waals surface area (Å²) in [4.78, 5) is 16.6. The molecular weight excluding hydrogens is 368 g/mol. The van der Waals surface area contributed by atoms with Gasteiger partial charge >= 0.3 is 0 Å². The highest BCUT2D eigenvalue weighted by Crippen LogP contribution is 2.27. The first-order chi connectivity index (χ1) is 11.2. The van der Waals surface area contributed by atoms with Crippen molar-refractivity contribution in [1.82, 2.24) is 15.2 Å². The topological polar surface area (TPSA) is 67.8 Å². The third-order valence-electron chi connectivity index (χ3n) is 2.64. The van der Waals surface area contributed by atoms with Gasteiger partial charge in [-0.15, -0.1) is 28.1 Å². The lowest BCUT2D eigenvalue weighted by Gasteiger charge is -1.98. The molecule has 0 unspecified atom stereocenters. The summed E-state index contributed by atoms with van der Waals surface area (Å²) in [6.07, 6.45) is 2.03. The van der Waals surface area contributed by atoms with E-state index in [4.69, 9.17) is 0 Å². The summed E-state index contributed by atoms with van der Waals surface area (Å²) >= 11 is 6.08. The van der Waals surface area contributed by atoms with E-state index in [-0.39, 0.29) is 12.3 Å². The number of hydrogen-bond acceptors (Lipinski definition) is 8. The number of hydrogen-bond donors (Lipinski definition) is 1. The molecule has 5 nitrogen and oxygen atoms in total. The Kier molecular flexibility index (Phi) is 5.55. The van der Waals surface area contributed by atoms with Crippen molar-refractivity contribution in [2.75, 3.05) is 11.1 Å². The molecule has 0 bridgehead atoms. The van der Waals surface area contributed by atoms with E-state index in [0.717, 1.165) is 26.4 Å². The molecule has 0 aliphatic rings. The van der Waals surface area contributed by atoms with Gasteiger partial charge in [0.05, 0.1) is 12.1 Å². The molecule has 9 heteroatoms. The van der Waals surface area contributed by atoms with E-state index in [1.807, 2.05) is 22.2 Å². The van der Waals surface area contributed by atoms with Gasteiger partial charge in [0.1, 0.15) is 5.01 Å². The first-order valence-corrected chi connectivity index (χ1v) is 10.2. The normalized spacial score (nSPS) is 10.6. The fraction of sp³-hybridized carbons (Fsp3) is 0.143. The number of carbonyl (C=O) groups is 1. The average molecular weight is 381 g/mol. The van der Waals surface area contributed by atoms with Crippen molar-refractivity contribution in [3.63, 3.8) is 0 Å². The zero-order valence-corrected chi connectivity index (χ0v) is 15.2. The van der Waals surface area contributed by atoms with E-state index in [2.05, 4.69) is 27.1 Å². The number of amides is 1. The quantitative estimate of drug-likeness (QED) is 0.378. The van der Waals surface area contributed by atoms with E-state index in [0.29, 0.717) is 5.13 Å². The van der Waals surface area contributed by atoms with Crippen molar-refractivity contribution in [3.8, 4) is 10.6 Å². The third kappa shape index (κ3) is 4.47. The molecule has 0 spiro atoms. The van der Waals surface area contributed by atoms with E-state index >= 15 is 0 Å². The summed E-state index contributed by atoms with van der Waals surface area (Å²) in [7, 11) is 0. The Labute approximate surface area is 149 Å². The van der Waals surface area contributed by atoms with Crippen LogP contribution in [0.3, 0.4) is 0 Å². The molecule has 3 heterocycles. The molecule has 3 aromatic heterocycles. The van der Waals surface area contributed by atoms with Crippen LogP contribution in [-0.2, 0) is 11.2 Å². The molecule has 0 saturated heterocycles. The number of aromatic nitrogens is 3. The van der Waals surface area contributed by atoms with Gasteiger partial charge in [0.2, 0.25) is 11.0 Å². The lowest BCUT2D eigenvalue weighted by atomic mass is 10.3. The maximum absolute atomic E-state index is 12.1. The fourth-order valence-electron chi connectivity index (χ4n) is 1.68. The molecule has 0 aromatic carbocycles. The number of thiophene rings is 1. The summed E-state index contributed by atoms with van der Waals surface area (Å²) in [6.45, 7) is 3.66. The Morgan fingerprint density at radius 3 is 3.09 bits per heavy atom. The Morgan fingerprint density at radius 1 is 1.39 bits per heavy atom. The van der Waals surface area contributed by atoms with Gasteiger partial charge in [-0.25, -0.2) is 4.98 Å². The molecule has 0 aliphatic heterocycles. The van der Waals surface area contributed by atoms with Crippen molar-refractivity contribution in [2.24, 2.45) is 0 Å². The van der Waals surface area contributed by atoms with Crippen molar-refractivity contribution in [2.45, 2.75) is 10.8 Å². The fourth-order valence-corrected chi connectivity index (χ4v) is 4.74. The maximum Gasteiger partial charge on any atom is 0.232 e. The SMILES string of the molecule is C=CCSc1nnc(NC(=O)Cc2csc(-c3ccsc3)n2)s1. The molecule has 23 heavy (non-hydrogen) atoms. The van der Waals surface area contributed by atoms with Crippen LogP contribution >= 0.6 is 45.8 Å². The van der Waals surface area contributed by atoms with E-state index < -0.39 is 0 Å². The van der Waals surface area contributed by atoms with Crippen LogP contribution in [0.5, 0.6) is 0 Å². The second-order valence-electron chi connectivity index (χ2n) is 4.35. The molecule has 0 radical (unpaired) electrons. The van der Waals surface area contributed by atoms with Gasteiger partial charge in [0.15, 0.2) is 4.34 Å². The van der Waals surface area contributed by atoms with Gasteiger partial charge in [0, 0.05) is 22.1 Å². The molecule has 0 saturated carbocycles. The lowest BCUT2D eigenvalue weighted by molar-refractivity contribution is -0.115. The Morgan fingerprint density at radius 2 is 2.30 bits per heavy atom. The number of thiazole rings is 1. The van der Waals surface area contributed by atoms with E-state index in [9.17, 15) is 4.79 Å². The Balaban J connectivity index is 1.57. The van der Waals surface area contributed by atoms with Crippen LogP contribution in [0, 0.1) is 0 Å². The highest BCUT2D eigenvalue weighted by atomic mass is 32.2. The number of carbonyl (C=O) groups excluding carboxylic acids is 1. The molecule has 1 N–H and O–H groups in total. The monoisotopic (exact) mass is 380 g/mol. The molecule has 0 fully saturated rings. The molecule has 0 atom stereocenters. The largest absolute Gasteiger partial charge is 0.300 e. The summed E-state index contributed by atoms with van der Waals surface area (Å²) in [5.41, 5.74) is 1.86. The molecule has 1 amide bonds. The second kappa shape index (κ2) is 7.82. The van der Waals surface area contributed by atoms with E-state index in [1.165, 1.54) is 23.1 Å². The van der Waals surface area contributed by atoms with Gasteiger partial charge in [-0.1, -0.05) is 29.2 Å². The van der Waals surface area contributed by atoms with Crippen molar-refractivity contribution in [1.29, 1.82) is 0 Å². The maximum atomic E-state index is 12.1. The standard InChI is InChI=1S/C14H12N4OS4/c1-2-4-21-14-18-17-13(23-14)16-11(19)6-10-8-22-12(15-10)9-3-5-20-7-9/h2-3,5,7-8H,1,4,6H2,(H,16,17,19). The van der Waals surface area contributed by atoms with Crippen molar-refractivity contribution in [3.05, 3.63) is 40.6 Å². The zero-order chi connectivity index (χ0) is 16.1. The van der Waals surface area contributed by atoms with Crippen LogP contribution in [0.1, 0.15) is 5.69 Å². The van der Waals surface area contributed by atoms with Gasteiger partial charge < -0.3 is 5.32 Å². The minimum atomic E-state index is -0.136. The highest BCUT2D eigenvalue weighted by Gasteiger charge is 2.12. The number of nitrogens with zero attached hydrogens (tertiary/aromatic N) is 3. The number of thioether (sulfide) groups is 1. The second-order valence-corrected chi connectivity index (χ2v) is 8.24. The average Bonchev–Trinajstić information content (AvgIpc) is 3.26. The minimum absolute atomic E-state index is 0.136. The van der Waals surface area contributed by atoms with Crippen LogP contribution in [-0.4, -0.2) is 26.8 Å². The lowest BCUT2D eigenvalue weighted by Crippen LogP contribution is -2.14. The summed E-state index contributed by atoms with van der Waals surface area (Å²) < 4.78 is 0.814. The van der Waals surface area contributed by atoms with Crippen LogP contribution in [0.4, 0.5) is 5.13 Å². The first-order valence-electron chi connectivity index (χ1n) is 6.58. The molecule has 3 rings (SSSR count). The number of rotatable bonds is 7. The molecule has 3 aromatic rings. The first kappa shape index (κ1) is 16.3. The zero-order valence-electron chi connectivity index (χ0n) is 11.9. The minimum Gasteiger partial charge on any atom is -0.300 e. The van der Waals surface area contributed by atoms with Gasteiger partial charge in [0.25, 0.3) is 0 Å². The van der Waals surface area contributed by atoms with Crippen LogP contribution in [0.15, 0.2) is 39.2 Å². The Hall–Kier alpha value is -1.55. The van der Waals surface area contributed by atoms with E-state index in [1.54, 1.807) is 28.7 Å². The third-order valence-corrected chi connectivity index (χ3v) is 6.23. The number of nitrogens with one attached hydrogen (secondary N) is 1. The summed E-state index contributed by atoms with van der Waals surface area (Å²) in [5.74, 6) is 0.635. The molecular formula is C14H12N4OS4. The van der Waals surface area contributed by atoms with Crippen LogP contribution in [0.2, 0.25) is 0 Å². The predicted molar refractivity (Wildman–Crippen MR) is 98.6 cm³/mol. The predicted octanol–water partition coefficient (Wildman–Crippen LogP) is 4.18. The Bertz CT molecular complexity index is 793. The van der Waals surface area contributed by atoms with Crippen molar-refractivity contribution >= 4 is 56.8 Å². The molecule has 118 valence electrons. The van der Waals surface area contributed by atoms with Crippen molar-refractivity contribution < 1.29 is 4.79 Å². The molecule has 0 aliphatic carbocycles. The highest BCUT2D eigenvalue weighted by molar-refractivity contribution is 8.01. The van der Waals surface area contributed by atoms with Gasteiger partial charge in [-0.2, -0.15) is 11.3 Å². The van der Waals surface area contributed by atoms with Gasteiger partial charge in [-0.05, 0) is 11.4 Å².